The minimum Gasteiger partial charge on any atom is -0.469 e. The number of unbranched alkanes of at least 4 members (excludes halogenated alkanes) is 2. The molecule has 7 heteroatoms. The molecule has 1 fully saturated rings. The van der Waals surface area contributed by atoms with Gasteiger partial charge in [0.25, 0.3) is 0 Å². The third kappa shape index (κ3) is 6.34. The van der Waals surface area contributed by atoms with Gasteiger partial charge in [-0.15, -0.1) is 0 Å². The molecule has 0 unspecified atom stereocenters. The van der Waals surface area contributed by atoms with E-state index in [0.717, 1.165) is 50.1 Å². The molecule has 0 atom stereocenters. The van der Waals surface area contributed by atoms with Gasteiger partial charge in [-0.2, -0.15) is 0 Å². The van der Waals surface area contributed by atoms with Crippen LogP contribution in [-0.4, -0.2) is 37.2 Å². The van der Waals surface area contributed by atoms with E-state index in [2.05, 4.69) is 15.4 Å². The summed E-state index contributed by atoms with van der Waals surface area (Å²) in [6.45, 7) is 1.55. The summed E-state index contributed by atoms with van der Waals surface area (Å²) >= 11 is 5.27. The Morgan fingerprint density at radius 3 is 2.64 bits per heavy atom. The summed E-state index contributed by atoms with van der Waals surface area (Å²) in [7, 11) is 1.41. The van der Waals surface area contributed by atoms with E-state index < -0.39 is 0 Å². The number of anilines is 2. The first-order valence-electron chi connectivity index (χ1n) is 8.62. The average Bonchev–Trinajstić information content (AvgIpc) is 3.04. The number of carbonyl (C=O) groups excluding carboxylic acids is 2. The van der Waals surface area contributed by atoms with Crippen molar-refractivity contribution in [2.24, 2.45) is 0 Å². The van der Waals surface area contributed by atoms with Crippen molar-refractivity contribution in [1.29, 1.82) is 0 Å². The van der Waals surface area contributed by atoms with E-state index in [1.54, 1.807) is 0 Å². The average molecular weight is 363 g/mol. The van der Waals surface area contributed by atoms with Gasteiger partial charge in [-0.3, -0.25) is 9.59 Å². The molecule has 1 aromatic rings. The molecule has 1 amide bonds. The monoisotopic (exact) mass is 363 g/mol. The lowest BCUT2D eigenvalue weighted by atomic mass is 10.2. The molecule has 2 rings (SSSR count). The Balaban J connectivity index is 1.65. The maximum atomic E-state index is 11.7. The van der Waals surface area contributed by atoms with Gasteiger partial charge >= 0.3 is 5.97 Å². The van der Waals surface area contributed by atoms with Gasteiger partial charge in [0.15, 0.2) is 5.11 Å². The van der Waals surface area contributed by atoms with Crippen molar-refractivity contribution in [3.63, 3.8) is 0 Å². The lowest BCUT2D eigenvalue weighted by Crippen LogP contribution is -2.29. The van der Waals surface area contributed by atoms with Gasteiger partial charge in [-0.25, -0.2) is 0 Å². The van der Waals surface area contributed by atoms with Crippen LogP contribution in [0, 0.1) is 0 Å². The first-order chi connectivity index (χ1) is 12.1. The van der Waals surface area contributed by atoms with Crippen molar-refractivity contribution in [3.05, 3.63) is 24.3 Å². The summed E-state index contributed by atoms with van der Waals surface area (Å²) in [4.78, 5) is 24.5. The van der Waals surface area contributed by atoms with Gasteiger partial charge in [0.1, 0.15) is 0 Å². The first-order valence-corrected chi connectivity index (χ1v) is 9.03. The standard InChI is InChI=1S/C18H25N3O3S/c1-24-17(23)7-3-2-4-12-19-18(25)20-14-8-10-15(11-9-14)21-13-5-6-16(21)22/h8-11H,2-7,12-13H2,1H3,(H2,19,20,25). The zero-order chi connectivity index (χ0) is 18.1. The molecule has 1 aliphatic heterocycles. The van der Waals surface area contributed by atoms with Crippen LogP contribution in [0.4, 0.5) is 11.4 Å². The SMILES string of the molecule is COC(=O)CCCCCNC(=S)Nc1ccc(N2CCCC2=O)cc1. The predicted octanol–water partition coefficient (Wildman–Crippen LogP) is 2.83. The molecule has 0 bridgehead atoms. The van der Waals surface area contributed by atoms with Gasteiger partial charge in [-0.1, -0.05) is 6.42 Å². The van der Waals surface area contributed by atoms with Crippen molar-refractivity contribution in [2.45, 2.75) is 38.5 Å². The van der Waals surface area contributed by atoms with Crippen molar-refractivity contribution in [2.75, 3.05) is 30.4 Å². The van der Waals surface area contributed by atoms with Crippen LogP contribution >= 0.6 is 12.2 Å². The number of hydrogen-bond donors (Lipinski definition) is 2. The number of nitrogens with zero attached hydrogens (tertiary/aromatic N) is 1. The topological polar surface area (TPSA) is 70.7 Å². The van der Waals surface area contributed by atoms with E-state index in [4.69, 9.17) is 12.2 Å². The van der Waals surface area contributed by atoms with Gasteiger partial charge in [0.05, 0.1) is 7.11 Å². The summed E-state index contributed by atoms with van der Waals surface area (Å²) in [6, 6.07) is 7.71. The van der Waals surface area contributed by atoms with Crippen molar-refractivity contribution < 1.29 is 14.3 Å². The highest BCUT2D eigenvalue weighted by atomic mass is 32.1. The summed E-state index contributed by atoms with van der Waals surface area (Å²) in [5, 5.41) is 6.85. The van der Waals surface area contributed by atoms with Crippen LogP contribution in [0.5, 0.6) is 0 Å². The largest absolute Gasteiger partial charge is 0.469 e. The Labute approximate surface area is 153 Å². The Hall–Kier alpha value is -2.15. The van der Waals surface area contributed by atoms with E-state index in [-0.39, 0.29) is 11.9 Å². The maximum Gasteiger partial charge on any atom is 0.305 e. The summed E-state index contributed by atoms with van der Waals surface area (Å²) in [5.74, 6) is 0.0225. The number of nitrogens with one attached hydrogen (secondary N) is 2. The zero-order valence-electron chi connectivity index (χ0n) is 14.5. The Bertz CT molecular complexity index is 604. The van der Waals surface area contributed by atoms with Crippen LogP contribution in [0.1, 0.15) is 38.5 Å². The molecule has 0 aliphatic carbocycles. The molecule has 1 aromatic carbocycles. The number of thiocarbonyl (C=S) groups is 1. The summed E-state index contributed by atoms with van der Waals surface area (Å²) < 4.78 is 4.60. The third-order valence-electron chi connectivity index (χ3n) is 4.08. The number of rotatable bonds is 8. The minimum absolute atomic E-state index is 0.163. The van der Waals surface area contributed by atoms with Crippen molar-refractivity contribution >= 4 is 40.6 Å². The molecule has 0 spiro atoms. The second-order valence-electron chi connectivity index (χ2n) is 5.96. The predicted molar refractivity (Wildman–Crippen MR) is 103 cm³/mol. The fraction of sp³-hybridized carbons (Fsp3) is 0.500. The number of benzene rings is 1. The maximum absolute atomic E-state index is 11.7. The second-order valence-corrected chi connectivity index (χ2v) is 6.37. The Morgan fingerprint density at radius 2 is 2.00 bits per heavy atom. The Morgan fingerprint density at radius 1 is 1.24 bits per heavy atom. The van der Waals surface area contributed by atoms with E-state index in [1.807, 2.05) is 29.2 Å². The summed E-state index contributed by atoms with van der Waals surface area (Å²) in [6.07, 6.45) is 4.73. The van der Waals surface area contributed by atoms with Gasteiger partial charge in [0, 0.05) is 37.3 Å². The number of hydrogen-bond acceptors (Lipinski definition) is 4. The smallest absolute Gasteiger partial charge is 0.305 e. The van der Waals surface area contributed by atoms with Crippen LogP contribution in [-0.2, 0) is 14.3 Å². The van der Waals surface area contributed by atoms with Crippen molar-refractivity contribution in [1.82, 2.24) is 5.32 Å². The molecule has 0 aromatic heterocycles. The van der Waals surface area contributed by atoms with E-state index >= 15 is 0 Å². The quantitative estimate of drug-likeness (QED) is 0.420. The number of amides is 1. The number of methoxy groups -OCH3 is 1. The lowest BCUT2D eigenvalue weighted by Gasteiger charge is -2.16. The molecule has 25 heavy (non-hydrogen) atoms. The van der Waals surface area contributed by atoms with E-state index in [9.17, 15) is 9.59 Å². The molecule has 2 N–H and O–H groups in total. The highest BCUT2D eigenvalue weighted by molar-refractivity contribution is 7.80. The number of esters is 1. The van der Waals surface area contributed by atoms with Crippen LogP contribution in [0.25, 0.3) is 0 Å². The van der Waals surface area contributed by atoms with Crippen LogP contribution in [0.15, 0.2) is 24.3 Å². The molecule has 0 radical (unpaired) electrons. The second kappa shape index (κ2) is 9.98. The van der Waals surface area contributed by atoms with E-state index in [1.165, 1.54) is 7.11 Å². The Kier molecular flexibility index (Phi) is 7.66. The zero-order valence-corrected chi connectivity index (χ0v) is 15.4. The molecule has 6 nitrogen and oxygen atoms in total. The molecule has 1 aliphatic rings. The molecule has 0 saturated carbocycles. The van der Waals surface area contributed by atoms with E-state index in [0.29, 0.717) is 18.0 Å². The van der Waals surface area contributed by atoms with Gasteiger partial charge < -0.3 is 20.3 Å². The van der Waals surface area contributed by atoms with Crippen LogP contribution < -0.4 is 15.5 Å². The summed E-state index contributed by atoms with van der Waals surface area (Å²) in [5.41, 5.74) is 1.82. The first kappa shape index (κ1) is 19.2. The van der Waals surface area contributed by atoms with Crippen LogP contribution in [0.2, 0.25) is 0 Å². The molecular weight excluding hydrogens is 338 g/mol. The third-order valence-corrected chi connectivity index (χ3v) is 4.33. The number of carbonyl (C=O) groups is 2. The van der Waals surface area contributed by atoms with Gasteiger partial charge in [-0.05, 0) is 55.7 Å². The normalized spacial score (nSPS) is 13.6. The molecule has 136 valence electrons. The van der Waals surface area contributed by atoms with Crippen molar-refractivity contribution in [3.8, 4) is 0 Å². The lowest BCUT2D eigenvalue weighted by molar-refractivity contribution is -0.140. The molecule has 1 saturated heterocycles. The fourth-order valence-corrected chi connectivity index (χ4v) is 2.92. The van der Waals surface area contributed by atoms with Crippen LogP contribution in [0.3, 0.4) is 0 Å². The highest BCUT2D eigenvalue weighted by Gasteiger charge is 2.21. The number of ether oxygens (including phenoxy) is 1. The minimum atomic E-state index is -0.163. The van der Waals surface area contributed by atoms with Gasteiger partial charge in [0.2, 0.25) is 5.91 Å². The highest BCUT2D eigenvalue weighted by Crippen LogP contribution is 2.22. The molecular formula is C18H25N3O3S. The molecule has 1 heterocycles. The fourth-order valence-electron chi connectivity index (χ4n) is 2.70.